The minimum absolute atomic E-state index is 0.226. The number of nitrogens with one attached hydrogen (secondary N) is 1. The third-order valence-corrected chi connectivity index (χ3v) is 5.45. The predicted molar refractivity (Wildman–Crippen MR) is 121 cm³/mol. The quantitative estimate of drug-likeness (QED) is 0.542. The van der Waals surface area contributed by atoms with E-state index in [1.807, 2.05) is 19.1 Å². The van der Waals surface area contributed by atoms with E-state index in [9.17, 15) is 4.79 Å². The van der Waals surface area contributed by atoms with Gasteiger partial charge in [0.2, 0.25) is 0 Å². The molecule has 0 spiro atoms. The van der Waals surface area contributed by atoms with Crippen LogP contribution in [0.25, 0.3) is 0 Å². The van der Waals surface area contributed by atoms with Crippen molar-refractivity contribution in [3.05, 3.63) is 71.8 Å². The zero-order chi connectivity index (χ0) is 21.2. The summed E-state index contributed by atoms with van der Waals surface area (Å²) in [6, 6.07) is 21.2. The number of nitrogens with two attached hydrogens (primary N) is 1. The summed E-state index contributed by atoms with van der Waals surface area (Å²) in [7, 11) is 0. The van der Waals surface area contributed by atoms with Crippen LogP contribution in [-0.4, -0.2) is 49.2 Å². The molecule has 6 nitrogen and oxygen atoms in total. The van der Waals surface area contributed by atoms with Gasteiger partial charge in [0.25, 0.3) is 0 Å². The van der Waals surface area contributed by atoms with Crippen LogP contribution < -0.4 is 11.1 Å². The van der Waals surface area contributed by atoms with Gasteiger partial charge in [0.1, 0.15) is 0 Å². The normalized spacial score (nSPS) is 16.2. The van der Waals surface area contributed by atoms with Crippen LogP contribution in [0, 0.1) is 0 Å². The topological polar surface area (TPSA) is 80.0 Å². The third-order valence-electron chi connectivity index (χ3n) is 5.45. The van der Waals surface area contributed by atoms with Crippen LogP contribution >= 0.6 is 0 Å². The summed E-state index contributed by atoms with van der Waals surface area (Å²) in [5, 5.41) is 3.33. The van der Waals surface area contributed by atoms with Gasteiger partial charge in [-0.1, -0.05) is 60.7 Å². The van der Waals surface area contributed by atoms with Crippen molar-refractivity contribution in [1.82, 2.24) is 10.2 Å². The van der Waals surface area contributed by atoms with Crippen LogP contribution in [0.3, 0.4) is 0 Å². The van der Waals surface area contributed by atoms with Crippen LogP contribution in [0.4, 0.5) is 4.79 Å². The smallest absolute Gasteiger partial charge is 0.409 e. The Labute approximate surface area is 179 Å². The Morgan fingerprint density at radius 2 is 1.77 bits per heavy atom. The van der Waals surface area contributed by atoms with Crippen molar-refractivity contribution in [3.63, 3.8) is 0 Å². The SMILES string of the molecule is CCOC(=O)N1CCC(NC(N)=NCC(Cc2ccccc2)c2ccccc2)CC1. The fraction of sp³-hybridized carbons (Fsp3) is 0.417. The van der Waals surface area contributed by atoms with E-state index < -0.39 is 0 Å². The summed E-state index contributed by atoms with van der Waals surface area (Å²) in [5.74, 6) is 0.734. The lowest BCUT2D eigenvalue weighted by Gasteiger charge is -2.31. The first-order valence-corrected chi connectivity index (χ1v) is 10.7. The number of ether oxygens (including phenoxy) is 1. The number of guanidine groups is 1. The van der Waals surface area contributed by atoms with Gasteiger partial charge in [-0.2, -0.15) is 0 Å². The average molecular weight is 409 g/mol. The second-order valence-electron chi connectivity index (χ2n) is 7.63. The highest BCUT2D eigenvalue weighted by atomic mass is 16.6. The first-order chi connectivity index (χ1) is 14.7. The number of carbonyl (C=O) groups excluding carboxylic acids is 1. The van der Waals surface area contributed by atoms with Crippen molar-refractivity contribution in [2.24, 2.45) is 10.7 Å². The molecule has 160 valence electrons. The Morgan fingerprint density at radius 1 is 1.13 bits per heavy atom. The summed E-state index contributed by atoms with van der Waals surface area (Å²) >= 11 is 0. The minimum atomic E-state index is -0.232. The molecule has 1 heterocycles. The van der Waals surface area contributed by atoms with E-state index in [0.29, 0.717) is 32.2 Å². The number of aliphatic imine (C=N–C) groups is 1. The Balaban J connectivity index is 1.55. The molecule has 30 heavy (non-hydrogen) atoms. The molecule has 1 amide bonds. The van der Waals surface area contributed by atoms with Gasteiger partial charge in [-0.3, -0.25) is 4.99 Å². The lowest BCUT2D eigenvalue weighted by Crippen LogP contribution is -2.48. The molecule has 0 aliphatic carbocycles. The number of carbonyl (C=O) groups is 1. The summed E-state index contributed by atoms with van der Waals surface area (Å²) in [6.45, 7) is 4.19. The molecule has 3 N–H and O–H groups in total. The maximum Gasteiger partial charge on any atom is 0.409 e. The maximum absolute atomic E-state index is 11.8. The fourth-order valence-electron chi connectivity index (χ4n) is 3.80. The zero-order valence-electron chi connectivity index (χ0n) is 17.7. The van der Waals surface area contributed by atoms with E-state index >= 15 is 0 Å². The van der Waals surface area contributed by atoms with Crippen LogP contribution in [0.15, 0.2) is 65.7 Å². The molecule has 1 fully saturated rings. The standard InChI is InChI=1S/C24H32N4O2/c1-2-30-24(29)28-15-13-22(14-16-28)27-23(25)26-18-21(20-11-7-4-8-12-20)17-19-9-5-3-6-10-19/h3-12,21-22H,2,13-18H2,1H3,(H3,25,26,27). The first kappa shape index (κ1) is 21.7. The Kier molecular flexibility index (Phi) is 8.12. The number of benzene rings is 2. The minimum Gasteiger partial charge on any atom is -0.450 e. The fourth-order valence-corrected chi connectivity index (χ4v) is 3.80. The van der Waals surface area contributed by atoms with Crippen molar-refractivity contribution in [2.75, 3.05) is 26.2 Å². The first-order valence-electron chi connectivity index (χ1n) is 10.7. The number of hydrogen-bond donors (Lipinski definition) is 2. The van der Waals surface area contributed by atoms with Gasteiger partial charge in [-0.15, -0.1) is 0 Å². The summed E-state index contributed by atoms with van der Waals surface area (Å²) < 4.78 is 5.07. The monoisotopic (exact) mass is 408 g/mol. The highest BCUT2D eigenvalue weighted by molar-refractivity contribution is 5.78. The number of amides is 1. The van der Waals surface area contributed by atoms with E-state index in [1.54, 1.807) is 4.90 Å². The molecular weight excluding hydrogens is 376 g/mol. The molecule has 1 atom stereocenters. The molecule has 3 rings (SSSR count). The molecule has 0 aromatic heterocycles. The number of piperidine rings is 1. The van der Waals surface area contributed by atoms with Crippen LogP contribution in [0.1, 0.15) is 36.8 Å². The summed E-state index contributed by atoms with van der Waals surface area (Å²) in [5.41, 5.74) is 8.76. The summed E-state index contributed by atoms with van der Waals surface area (Å²) in [6.07, 6.45) is 2.35. The van der Waals surface area contributed by atoms with Crippen molar-refractivity contribution in [1.29, 1.82) is 0 Å². The molecule has 0 saturated carbocycles. The molecule has 0 radical (unpaired) electrons. The zero-order valence-corrected chi connectivity index (χ0v) is 17.7. The van der Waals surface area contributed by atoms with Gasteiger partial charge in [0.05, 0.1) is 6.61 Å². The summed E-state index contributed by atoms with van der Waals surface area (Å²) in [4.78, 5) is 18.2. The predicted octanol–water partition coefficient (Wildman–Crippen LogP) is 3.54. The second-order valence-corrected chi connectivity index (χ2v) is 7.63. The van der Waals surface area contributed by atoms with Crippen molar-refractivity contribution >= 4 is 12.1 Å². The van der Waals surface area contributed by atoms with Gasteiger partial charge in [0, 0.05) is 31.6 Å². The molecule has 2 aromatic rings. The van der Waals surface area contributed by atoms with Gasteiger partial charge < -0.3 is 20.7 Å². The van der Waals surface area contributed by atoms with E-state index in [2.05, 4.69) is 58.8 Å². The lowest BCUT2D eigenvalue weighted by molar-refractivity contribution is 0.0963. The molecule has 1 aliphatic heterocycles. The average Bonchev–Trinajstić information content (AvgIpc) is 2.78. The molecule has 6 heteroatoms. The van der Waals surface area contributed by atoms with Crippen LogP contribution in [-0.2, 0) is 11.2 Å². The second kappa shape index (κ2) is 11.2. The van der Waals surface area contributed by atoms with Crippen LogP contribution in [0.5, 0.6) is 0 Å². The van der Waals surface area contributed by atoms with E-state index in [0.717, 1.165) is 19.3 Å². The number of hydrogen-bond acceptors (Lipinski definition) is 3. The molecule has 2 aromatic carbocycles. The molecule has 1 unspecified atom stereocenters. The maximum atomic E-state index is 11.8. The molecule has 1 saturated heterocycles. The van der Waals surface area contributed by atoms with E-state index in [4.69, 9.17) is 10.5 Å². The van der Waals surface area contributed by atoms with Gasteiger partial charge in [0.15, 0.2) is 5.96 Å². The lowest BCUT2D eigenvalue weighted by atomic mass is 9.92. The number of likely N-dealkylation sites (tertiary alicyclic amines) is 1. The van der Waals surface area contributed by atoms with Gasteiger partial charge in [-0.05, 0) is 37.3 Å². The largest absolute Gasteiger partial charge is 0.450 e. The van der Waals surface area contributed by atoms with Crippen molar-refractivity contribution in [2.45, 2.75) is 38.1 Å². The Hall–Kier alpha value is -3.02. The third kappa shape index (κ3) is 6.51. The molecule has 1 aliphatic rings. The van der Waals surface area contributed by atoms with Crippen molar-refractivity contribution in [3.8, 4) is 0 Å². The number of rotatable bonds is 7. The number of nitrogens with zero attached hydrogens (tertiary/aromatic N) is 2. The van der Waals surface area contributed by atoms with Crippen molar-refractivity contribution < 1.29 is 9.53 Å². The van der Waals surface area contributed by atoms with E-state index in [-0.39, 0.29) is 18.1 Å². The van der Waals surface area contributed by atoms with E-state index in [1.165, 1.54) is 11.1 Å². The molecule has 0 bridgehead atoms. The van der Waals surface area contributed by atoms with Gasteiger partial charge >= 0.3 is 6.09 Å². The Bertz CT molecular complexity index is 802. The highest BCUT2D eigenvalue weighted by Gasteiger charge is 2.23. The van der Waals surface area contributed by atoms with Gasteiger partial charge in [-0.25, -0.2) is 4.79 Å². The Morgan fingerprint density at radius 3 is 2.40 bits per heavy atom. The van der Waals surface area contributed by atoms with Crippen LogP contribution in [0.2, 0.25) is 0 Å². The highest BCUT2D eigenvalue weighted by Crippen LogP contribution is 2.21. The molecular formula is C24H32N4O2.